The predicted molar refractivity (Wildman–Crippen MR) is 128 cm³/mol. The quantitative estimate of drug-likeness (QED) is 0.188. The normalized spacial score (nSPS) is 12.2. The number of aliphatic imine (C=N–C) groups is 1. The number of H-pyrrole nitrogens is 1. The maximum Gasteiger partial charge on any atom is 0.211 e. The maximum atomic E-state index is 13.5. The number of benzene rings is 1. The molecule has 2 aromatic rings. The summed E-state index contributed by atoms with van der Waals surface area (Å²) in [7, 11) is -3.16. The highest BCUT2D eigenvalue weighted by Gasteiger charge is 2.13. The van der Waals surface area contributed by atoms with Crippen LogP contribution in [0.25, 0.3) is 10.9 Å². The molecule has 0 saturated heterocycles. The fourth-order valence-corrected chi connectivity index (χ4v) is 3.94. The van der Waals surface area contributed by atoms with Crippen molar-refractivity contribution in [3.05, 3.63) is 35.8 Å². The molecule has 0 aliphatic heterocycles. The number of nitrogens with zero attached hydrogens (tertiary/aromatic N) is 2. The summed E-state index contributed by atoms with van der Waals surface area (Å²) in [5.41, 5.74) is 1.97. The second-order valence-electron chi connectivity index (χ2n) is 6.55. The van der Waals surface area contributed by atoms with Crippen LogP contribution in [0.15, 0.2) is 29.4 Å². The summed E-state index contributed by atoms with van der Waals surface area (Å²) >= 11 is 0. The lowest BCUT2D eigenvalue weighted by Crippen LogP contribution is -2.38. The molecular weight excluding hydrogens is 508 g/mol. The Hall–Kier alpha value is -1.40. The highest BCUT2D eigenvalue weighted by Crippen LogP contribution is 2.19. The molecule has 0 fully saturated rings. The molecule has 10 heteroatoms. The summed E-state index contributed by atoms with van der Waals surface area (Å²) < 4.78 is 38.1. The zero-order valence-corrected chi connectivity index (χ0v) is 20.3. The molecule has 2 rings (SSSR count). The molecule has 0 saturated carbocycles. The van der Waals surface area contributed by atoms with Gasteiger partial charge in [0, 0.05) is 49.8 Å². The lowest BCUT2D eigenvalue weighted by molar-refractivity contribution is 0.427. The molecule has 0 unspecified atom stereocenters. The van der Waals surface area contributed by atoms with Gasteiger partial charge in [-0.1, -0.05) is 6.92 Å². The molecular formula is C19H31FIN5O2S. The molecule has 0 radical (unpaired) electrons. The number of fused-ring (bicyclic) bond motifs is 1. The first-order valence-corrected chi connectivity index (χ1v) is 11.4. The molecule has 1 aromatic carbocycles. The van der Waals surface area contributed by atoms with E-state index in [1.165, 1.54) is 16.6 Å². The van der Waals surface area contributed by atoms with Crippen LogP contribution in [0.4, 0.5) is 4.39 Å². The van der Waals surface area contributed by atoms with Gasteiger partial charge in [0.1, 0.15) is 5.82 Å². The Kier molecular flexibility index (Phi) is 10.9. The highest BCUT2D eigenvalue weighted by atomic mass is 127. The summed E-state index contributed by atoms with van der Waals surface area (Å²) in [6.07, 6.45) is 4.51. The van der Waals surface area contributed by atoms with Crippen molar-refractivity contribution < 1.29 is 12.8 Å². The fraction of sp³-hybridized carbons (Fsp3) is 0.526. The summed E-state index contributed by atoms with van der Waals surface area (Å²) in [5.74, 6) is 0.447. The van der Waals surface area contributed by atoms with Gasteiger partial charge in [-0.3, -0.25) is 4.99 Å². The van der Waals surface area contributed by atoms with E-state index in [0.717, 1.165) is 29.4 Å². The Morgan fingerprint density at radius 2 is 2.03 bits per heavy atom. The maximum absolute atomic E-state index is 13.5. The standard InChI is InChI=1S/C19H30FN5O2S.HI/c1-4-21-19(22-10-6-12-25(5-2)28(3,26)27)23-11-9-15-14-24-18-8-7-16(20)13-17(15)18;/h7-8,13-14,24H,4-6,9-12H2,1-3H3,(H2,21,22,23);1H. The zero-order valence-electron chi connectivity index (χ0n) is 17.2. The van der Waals surface area contributed by atoms with Crippen LogP contribution in [0.1, 0.15) is 25.8 Å². The van der Waals surface area contributed by atoms with Crippen molar-refractivity contribution in [3.8, 4) is 0 Å². The van der Waals surface area contributed by atoms with Gasteiger partial charge in [-0.2, -0.15) is 0 Å². The molecule has 1 heterocycles. The van der Waals surface area contributed by atoms with Gasteiger partial charge >= 0.3 is 0 Å². The number of sulfonamides is 1. The number of hydrogen-bond acceptors (Lipinski definition) is 3. The number of nitrogens with one attached hydrogen (secondary N) is 3. The van der Waals surface area contributed by atoms with Crippen LogP contribution in [0.5, 0.6) is 0 Å². The number of halogens is 2. The molecule has 29 heavy (non-hydrogen) atoms. The molecule has 1 aromatic heterocycles. The summed E-state index contributed by atoms with van der Waals surface area (Å²) in [4.78, 5) is 7.66. The summed E-state index contributed by atoms with van der Waals surface area (Å²) in [6.45, 7) is 6.65. The van der Waals surface area contributed by atoms with Crippen molar-refractivity contribution in [1.82, 2.24) is 19.9 Å². The van der Waals surface area contributed by atoms with E-state index in [-0.39, 0.29) is 29.8 Å². The van der Waals surface area contributed by atoms with E-state index in [1.54, 1.807) is 12.1 Å². The van der Waals surface area contributed by atoms with Gasteiger partial charge in [-0.05, 0) is 43.5 Å². The number of aromatic amines is 1. The molecule has 0 aliphatic rings. The average Bonchev–Trinajstić information content (AvgIpc) is 3.02. The Labute approximate surface area is 189 Å². The first-order valence-electron chi connectivity index (χ1n) is 9.58. The Balaban J connectivity index is 0.00000420. The predicted octanol–water partition coefficient (Wildman–Crippen LogP) is 2.69. The molecule has 0 amide bonds. The minimum atomic E-state index is -3.16. The van der Waals surface area contributed by atoms with Crippen molar-refractivity contribution in [3.63, 3.8) is 0 Å². The van der Waals surface area contributed by atoms with Crippen LogP contribution < -0.4 is 10.6 Å². The van der Waals surface area contributed by atoms with Crippen LogP contribution >= 0.6 is 24.0 Å². The minimum Gasteiger partial charge on any atom is -0.361 e. The molecule has 0 atom stereocenters. The van der Waals surface area contributed by atoms with E-state index in [0.29, 0.717) is 38.6 Å². The Morgan fingerprint density at radius 1 is 1.28 bits per heavy atom. The number of guanidine groups is 1. The van der Waals surface area contributed by atoms with Crippen molar-refractivity contribution in [1.29, 1.82) is 0 Å². The van der Waals surface area contributed by atoms with E-state index in [2.05, 4.69) is 20.6 Å². The van der Waals surface area contributed by atoms with Crippen molar-refractivity contribution in [2.45, 2.75) is 26.7 Å². The average molecular weight is 539 g/mol. The van der Waals surface area contributed by atoms with Gasteiger partial charge in [0.05, 0.1) is 6.26 Å². The highest BCUT2D eigenvalue weighted by molar-refractivity contribution is 14.0. The van der Waals surface area contributed by atoms with Crippen LogP contribution in [-0.4, -0.2) is 62.6 Å². The summed E-state index contributed by atoms with van der Waals surface area (Å²) in [5, 5.41) is 7.34. The minimum absolute atomic E-state index is 0. The topological polar surface area (TPSA) is 89.6 Å². The lowest BCUT2D eigenvalue weighted by Gasteiger charge is -2.17. The molecule has 164 valence electrons. The largest absolute Gasteiger partial charge is 0.361 e. The molecule has 0 bridgehead atoms. The van der Waals surface area contributed by atoms with E-state index >= 15 is 0 Å². The van der Waals surface area contributed by atoms with Crippen molar-refractivity contribution in [2.75, 3.05) is 39.0 Å². The van der Waals surface area contributed by atoms with Crippen molar-refractivity contribution in [2.24, 2.45) is 4.99 Å². The van der Waals surface area contributed by atoms with Gasteiger partial charge in [-0.25, -0.2) is 17.1 Å². The van der Waals surface area contributed by atoms with Gasteiger partial charge in [0.15, 0.2) is 5.96 Å². The van der Waals surface area contributed by atoms with E-state index in [4.69, 9.17) is 0 Å². The van der Waals surface area contributed by atoms with E-state index in [9.17, 15) is 12.8 Å². The van der Waals surface area contributed by atoms with Crippen LogP contribution in [0.3, 0.4) is 0 Å². The van der Waals surface area contributed by atoms with Crippen LogP contribution in [-0.2, 0) is 16.4 Å². The van der Waals surface area contributed by atoms with E-state index in [1.807, 2.05) is 20.0 Å². The zero-order chi connectivity index (χ0) is 20.6. The third kappa shape index (κ3) is 8.09. The third-order valence-corrected chi connectivity index (χ3v) is 5.80. The van der Waals surface area contributed by atoms with Gasteiger partial charge < -0.3 is 15.6 Å². The molecule has 3 N–H and O–H groups in total. The number of aromatic nitrogens is 1. The smallest absolute Gasteiger partial charge is 0.211 e. The fourth-order valence-electron chi connectivity index (χ4n) is 3.01. The number of rotatable bonds is 10. The Bertz CT molecular complexity index is 901. The van der Waals surface area contributed by atoms with Gasteiger partial charge in [0.25, 0.3) is 0 Å². The molecule has 0 spiro atoms. The summed E-state index contributed by atoms with van der Waals surface area (Å²) in [6, 6.07) is 4.73. The first-order chi connectivity index (χ1) is 13.3. The molecule has 7 nitrogen and oxygen atoms in total. The third-order valence-electron chi connectivity index (χ3n) is 4.42. The second-order valence-corrected chi connectivity index (χ2v) is 8.53. The van der Waals surface area contributed by atoms with Gasteiger partial charge in [-0.15, -0.1) is 24.0 Å². The second kappa shape index (κ2) is 12.3. The van der Waals surface area contributed by atoms with E-state index < -0.39 is 10.0 Å². The Morgan fingerprint density at radius 3 is 2.69 bits per heavy atom. The van der Waals surface area contributed by atoms with Gasteiger partial charge in [0.2, 0.25) is 10.0 Å². The molecule has 0 aliphatic carbocycles. The van der Waals surface area contributed by atoms with Crippen LogP contribution in [0, 0.1) is 5.82 Å². The van der Waals surface area contributed by atoms with Crippen molar-refractivity contribution >= 4 is 50.9 Å². The monoisotopic (exact) mass is 539 g/mol. The SMILES string of the molecule is CCNC(=NCCCN(CC)S(C)(=O)=O)NCCc1c[nH]c2ccc(F)cc12.I. The lowest BCUT2D eigenvalue weighted by atomic mass is 10.1. The first kappa shape index (κ1) is 25.6. The van der Waals surface area contributed by atoms with Crippen LogP contribution in [0.2, 0.25) is 0 Å². The number of hydrogen-bond donors (Lipinski definition) is 3.